The van der Waals surface area contributed by atoms with E-state index in [1.807, 2.05) is 18.2 Å². The van der Waals surface area contributed by atoms with Crippen LogP contribution in [0.25, 0.3) is 21.9 Å². The summed E-state index contributed by atoms with van der Waals surface area (Å²) in [6.07, 6.45) is 6.14. The van der Waals surface area contributed by atoms with Crippen LogP contribution in [0.3, 0.4) is 0 Å². The first-order valence-electron chi connectivity index (χ1n) is 12.4. The van der Waals surface area contributed by atoms with E-state index in [2.05, 4.69) is 4.18 Å². The van der Waals surface area contributed by atoms with Gasteiger partial charge < -0.3 is 9.29 Å². The summed E-state index contributed by atoms with van der Waals surface area (Å²) in [5, 5.41) is 11.8. The lowest BCUT2D eigenvalue weighted by Gasteiger charge is -2.57. The Morgan fingerprint density at radius 3 is 2.08 bits per heavy atom. The van der Waals surface area contributed by atoms with Gasteiger partial charge in [0.05, 0.1) is 5.56 Å². The van der Waals surface area contributed by atoms with Crippen molar-refractivity contribution in [2.75, 3.05) is 0 Å². The fourth-order valence-corrected chi connectivity index (χ4v) is 8.10. The van der Waals surface area contributed by atoms with Crippen LogP contribution in [0.15, 0.2) is 54.6 Å². The van der Waals surface area contributed by atoms with Gasteiger partial charge in [0.1, 0.15) is 0 Å². The molecule has 0 amide bonds. The molecule has 0 heterocycles. The van der Waals surface area contributed by atoms with Gasteiger partial charge in [-0.3, -0.25) is 0 Å². The van der Waals surface area contributed by atoms with Crippen LogP contribution >= 0.6 is 0 Å². The van der Waals surface area contributed by atoms with Crippen LogP contribution in [0.5, 0.6) is 5.75 Å². The van der Waals surface area contributed by atoms with Crippen molar-refractivity contribution in [1.29, 1.82) is 0 Å². The Labute approximate surface area is 212 Å². The maximum atomic E-state index is 13.2. The molecule has 0 aromatic heterocycles. The van der Waals surface area contributed by atoms with Crippen LogP contribution in [0.4, 0.5) is 13.2 Å². The van der Waals surface area contributed by atoms with Gasteiger partial charge in [-0.05, 0) is 90.2 Å². The maximum Gasteiger partial charge on any atom is 0.534 e. The van der Waals surface area contributed by atoms with Crippen LogP contribution in [-0.2, 0) is 15.5 Å². The van der Waals surface area contributed by atoms with E-state index in [1.165, 1.54) is 18.2 Å². The van der Waals surface area contributed by atoms with Gasteiger partial charge in [-0.2, -0.15) is 21.6 Å². The minimum Gasteiger partial charge on any atom is -0.478 e. The minimum atomic E-state index is -5.96. The Morgan fingerprint density at radius 1 is 0.919 bits per heavy atom. The zero-order valence-electron chi connectivity index (χ0n) is 19.8. The van der Waals surface area contributed by atoms with Crippen LogP contribution in [0, 0.1) is 17.8 Å². The Hall–Kier alpha value is -3.07. The number of alkyl halides is 3. The lowest BCUT2D eigenvalue weighted by molar-refractivity contribution is -0.0499. The third kappa shape index (κ3) is 3.90. The standard InChI is InChI=1S/C28H25F3O5S/c29-28(30,31)37(34,35)36-23-8-4-3-7-21(23)24-20-6-2-1-5-19(20)12-22(25(24)26(32)33)27-13-16-9-17(14-27)11-18(10-16)15-27/h1-8,12,16-18H,9-11,13-15H2,(H,32,33). The second-order valence-corrected chi connectivity index (χ2v) is 12.4. The average molecular weight is 531 g/mol. The van der Waals surface area contributed by atoms with E-state index in [9.17, 15) is 31.5 Å². The molecule has 0 unspecified atom stereocenters. The monoisotopic (exact) mass is 530 g/mol. The number of para-hydroxylation sites is 1. The molecule has 194 valence electrons. The van der Waals surface area contributed by atoms with Crippen molar-refractivity contribution in [2.24, 2.45) is 17.8 Å². The highest BCUT2D eigenvalue weighted by molar-refractivity contribution is 7.88. The van der Waals surface area contributed by atoms with Crippen LogP contribution in [0.2, 0.25) is 0 Å². The van der Waals surface area contributed by atoms with Crippen LogP contribution in [0.1, 0.15) is 54.4 Å². The number of fused-ring (bicyclic) bond motifs is 1. The SMILES string of the molecule is O=C(O)c1c(C23CC4CC(CC(C4)C2)C3)cc2ccccc2c1-c1ccccc1OS(=O)(=O)C(F)(F)F. The van der Waals surface area contributed by atoms with Gasteiger partial charge in [0.2, 0.25) is 0 Å². The van der Waals surface area contributed by atoms with Crippen molar-refractivity contribution in [3.8, 4) is 16.9 Å². The number of hydrogen-bond donors (Lipinski definition) is 1. The maximum absolute atomic E-state index is 13.2. The number of benzene rings is 3. The van der Waals surface area contributed by atoms with Crippen molar-refractivity contribution in [3.63, 3.8) is 0 Å². The summed E-state index contributed by atoms with van der Waals surface area (Å²) in [4.78, 5) is 13.0. The molecule has 37 heavy (non-hydrogen) atoms. The molecular formula is C28H25F3O5S. The summed E-state index contributed by atoms with van der Waals surface area (Å²) in [5.74, 6) is -0.142. The van der Waals surface area contributed by atoms with Gasteiger partial charge in [0.25, 0.3) is 0 Å². The molecule has 0 atom stereocenters. The molecule has 4 aliphatic rings. The third-order valence-corrected chi connectivity index (χ3v) is 9.48. The summed E-state index contributed by atoms with van der Waals surface area (Å²) in [7, 11) is -5.96. The molecule has 0 radical (unpaired) electrons. The molecular weight excluding hydrogens is 505 g/mol. The summed E-state index contributed by atoms with van der Waals surface area (Å²) < 4.78 is 68.0. The zero-order valence-corrected chi connectivity index (χ0v) is 20.6. The van der Waals surface area contributed by atoms with Crippen LogP contribution in [-0.4, -0.2) is 25.0 Å². The number of aromatic carboxylic acids is 1. The molecule has 4 saturated carbocycles. The molecule has 1 N–H and O–H groups in total. The minimum absolute atomic E-state index is 0.00416. The Bertz CT molecular complexity index is 1490. The molecule has 5 nitrogen and oxygen atoms in total. The van der Waals surface area contributed by atoms with E-state index >= 15 is 0 Å². The van der Waals surface area contributed by atoms with Crippen molar-refractivity contribution in [3.05, 3.63) is 65.7 Å². The predicted molar refractivity (Wildman–Crippen MR) is 132 cm³/mol. The van der Waals surface area contributed by atoms with E-state index in [1.54, 1.807) is 12.1 Å². The highest BCUT2D eigenvalue weighted by Crippen LogP contribution is 2.62. The van der Waals surface area contributed by atoms with Gasteiger partial charge in [-0.1, -0.05) is 42.5 Å². The highest BCUT2D eigenvalue weighted by Gasteiger charge is 2.53. The lowest BCUT2D eigenvalue weighted by atomic mass is 9.47. The molecule has 9 heteroatoms. The quantitative estimate of drug-likeness (QED) is 0.287. The van der Waals surface area contributed by atoms with Gasteiger partial charge in [0, 0.05) is 11.1 Å². The van der Waals surface area contributed by atoms with Crippen molar-refractivity contribution in [1.82, 2.24) is 0 Å². The number of halogens is 3. The largest absolute Gasteiger partial charge is 0.534 e. The molecule has 0 saturated heterocycles. The number of carboxylic acid groups (broad SMARTS) is 1. The van der Waals surface area contributed by atoms with Crippen LogP contribution < -0.4 is 4.18 Å². The molecule has 4 aliphatic carbocycles. The average Bonchev–Trinajstić information content (AvgIpc) is 2.81. The molecule has 4 bridgehead atoms. The topological polar surface area (TPSA) is 80.7 Å². The number of carboxylic acids is 1. The zero-order chi connectivity index (χ0) is 26.2. The summed E-state index contributed by atoms with van der Waals surface area (Å²) >= 11 is 0. The first kappa shape index (κ1) is 24.3. The number of rotatable bonds is 5. The predicted octanol–water partition coefficient (Wildman–Crippen LogP) is 6.90. The molecule has 0 aliphatic heterocycles. The highest BCUT2D eigenvalue weighted by atomic mass is 32.2. The summed E-state index contributed by atoms with van der Waals surface area (Å²) in [5.41, 5.74) is -5.06. The van der Waals surface area contributed by atoms with Crippen molar-refractivity contribution >= 4 is 26.9 Å². The molecule has 3 aromatic rings. The lowest BCUT2D eigenvalue weighted by Crippen LogP contribution is -2.49. The summed E-state index contributed by atoms with van der Waals surface area (Å²) in [6, 6.07) is 14.5. The Balaban J connectivity index is 1.63. The Morgan fingerprint density at radius 2 is 1.49 bits per heavy atom. The van der Waals surface area contributed by atoms with E-state index in [-0.39, 0.29) is 22.1 Å². The second-order valence-electron chi connectivity index (χ2n) is 10.9. The Kier molecular flexibility index (Phi) is 5.39. The van der Waals surface area contributed by atoms with E-state index < -0.39 is 27.3 Å². The third-order valence-electron chi connectivity index (χ3n) is 8.51. The number of carbonyl (C=O) groups is 1. The van der Waals surface area contributed by atoms with Crippen molar-refractivity contribution < 1.29 is 35.7 Å². The normalized spacial score (nSPS) is 26.9. The van der Waals surface area contributed by atoms with Gasteiger partial charge in [0.15, 0.2) is 5.75 Å². The van der Waals surface area contributed by atoms with Crippen molar-refractivity contribution in [2.45, 2.75) is 49.4 Å². The molecule has 4 fully saturated rings. The second kappa shape index (κ2) is 8.21. The van der Waals surface area contributed by atoms with E-state index in [0.717, 1.165) is 50.0 Å². The molecule has 7 rings (SSSR count). The fourth-order valence-electron chi connectivity index (χ4n) is 7.62. The van der Waals surface area contributed by atoms with Gasteiger partial charge >= 0.3 is 21.6 Å². The fraction of sp³-hybridized carbons (Fsp3) is 0.393. The summed E-state index contributed by atoms with van der Waals surface area (Å²) in [6.45, 7) is 0. The first-order valence-corrected chi connectivity index (χ1v) is 13.8. The first-order chi connectivity index (χ1) is 17.5. The number of hydrogen-bond acceptors (Lipinski definition) is 4. The smallest absolute Gasteiger partial charge is 0.478 e. The van der Waals surface area contributed by atoms with E-state index in [0.29, 0.717) is 28.7 Å². The van der Waals surface area contributed by atoms with Gasteiger partial charge in [-0.15, -0.1) is 0 Å². The van der Waals surface area contributed by atoms with E-state index in [4.69, 9.17) is 0 Å². The molecule has 0 spiro atoms. The molecule has 3 aromatic carbocycles. The van der Waals surface area contributed by atoms with Gasteiger partial charge in [-0.25, -0.2) is 4.79 Å².